The summed E-state index contributed by atoms with van der Waals surface area (Å²) in [4.78, 5) is 11.4. The Morgan fingerprint density at radius 3 is 2.43 bits per heavy atom. The normalized spacial score (nSPS) is 22.5. The van der Waals surface area contributed by atoms with Crippen LogP contribution in [0.25, 0.3) is 11.2 Å². The largest absolute Gasteiger partial charge is 0.471 e. The van der Waals surface area contributed by atoms with Gasteiger partial charge < -0.3 is 29.0 Å². The summed E-state index contributed by atoms with van der Waals surface area (Å²) in [6.45, 7) is 5.98. The van der Waals surface area contributed by atoms with Gasteiger partial charge in [0.2, 0.25) is 5.88 Å². The first-order valence-electron chi connectivity index (χ1n) is 10.1. The predicted molar refractivity (Wildman–Crippen MR) is 126 cm³/mol. The van der Waals surface area contributed by atoms with Gasteiger partial charge in [-0.1, -0.05) is 23.2 Å². The molecule has 4 heterocycles. The Kier molecular flexibility index (Phi) is 8.88. The molecule has 35 heavy (non-hydrogen) atoms. The molecule has 5 rings (SSSR count). The fourth-order valence-electron chi connectivity index (χ4n) is 3.58. The van der Waals surface area contributed by atoms with Crippen LogP contribution in [0.1, 0.15) is 5.56 Å². The van der Waals surface area contributed by atoms with Crippen LogP contribution in [0.4, 0.5) is 8.78 Å². The molecule has 4 atom stereocenters. The van der Waals surface area contributed by atoms with Crippen molar-refractivity contribution in [2.45, 2.75) is 31.0 Å². The molecular formula is C23H21Cl2F2N3O5. The smallest absolute Gasteiger partial charge is 0.296 e. The van der Waals surface area contributed by atoms with Crippen molar-refractivity contribution in [3.63, 3.8) is 0 Å². The lowest BCUT2D eigenvalue weighted by Gasteiger charge is -2.15. The molecule has 2 saturated heterocycles. The number of pyridine rings is 1. The molecule has 0 bridgehead atoms. The number of fused-ring (bicyclic) bond motifs is 2. The number of hydrogen-bond acceptors (Lipinski definition) is 7. The van der Waals surface area contributed by atoms with Crippen LogP contribution in [0, 0.1) is 24.5 Å². The van der Waals surface area contributed by atoms with Gasteiger partial charge in [-0.2, -0.15) is 9.97 Å². The molecule has 0 spiro atoms. The summed E-state index contributed by atoms with van der Waals surface area (Å²) >= 11 is 11.8. The van der Waals surface area contributed by atoms with E-state index < -0.39 is 42.7 Å². The molecule has 2 fully saturated rings. The van der Waals surface area contributed by atoms with E-state index in [-0.39, 0.29) is 46.4 Å². The number of nitrogens with one attached hydrogen (secondary N) is 1. The van der Waals surface area contributed by atoms with Gasteiger partial charge in [-0.3, -0.25) is 0 Å². The van der Waals surface area contributed by atoms with Crippen molar-refractivity contribution in [1.29, 1.82) is 0 Å². The zero-order chi connectivity index (χ0) is 25.7. The molecule has 2 N–H and O–H groups in total. The van der Waals surface area contributed by atoms with Gasteiger partial charge in [0.15, 0.2) is 11.8 Å². The number of ether oxygens (including phenoxy) is 4. The number of H-pyrrole nitrogens is 1. The number of rotatable bonds is 5. The number of aliphatic hydroxyl groups excluding tert-OH is 1. The third-order valence-electron chi connectivity index (χ3n) is 5.08. The monoisotopic (exact) mass is 527 g/mol. The second-order valence-electron chi connectivity index (χ2n) is 7.14. The van der Waals surface area contributed by atoms with Gasteiger partial charge in [0, 0.05) is 5.02 Å². The van der Waals surface area contributed by atoms with Crippen molar-refractivity contribution >= 4 is 34.4 Å². The Bertz CT molecular complexity index is 1190. The Balaban J connectivity index is 0.000000815. The van der Waals surface area contributed by atoms with Crippen LogP contribution in [0.5, 0.6) is 11.9 Å². The van der Waals surface area contributed by atoms with Crippen molar-refractivity contribution in [2.24, 2.45) is 0 Å². The minimum Gasteiger partial charge on any atom is -0.471 e. The Labute approximate surface area is 209 Å². The molecule has 0 radical (unpaired) electrons. The van der Waals surface area contributed by atoms with Crippen molar-refractivity contribution in [3.8, 4) is 24.7 Å². The summed E-state index contributed by atoms with van der Waals surface area (Å²) in [7, 11) is 0. The van der Waals surface area contributed by atoms with Gasteiger partial charge >= 0.3 is 0 Å². The number of aromatic amines is 1. The number of halogens is 4. The maximum atomic E-state index is 14.0. The van der Waals surface area contributed by atoms with Crippen molar-refractivity contribution in [2.75, 3.05) is 13.2 Å². The van der Waals surface area contributed by atoms with Gasteiger partial charge in [0.25, 0.3) is 6.01 Å². The highest BCUT2D eigenvalue weighted by Gasteiger charge is 2.48. The van der Waals surface area contributed by atoms with Crippen LogP contribution >= 0.6 is 23.2 Å². The highest BCUT2D eigenvalue weighted by molar-refractivity contribution is 6.32. The summed E-state index contributed by atoms with van der Waals surface area (Å²) in [6, 6.07) is 3.65. The predicted octanol–water partition coefficient (Wildman–Crippen LogP) is 4.08. The van der Waals surface area contributed by atoms with Crippen LogP contribution in [-0.4, -0.2) is 57.7 Å². The Morgan fingerprint density at radius 2 is 1.74 bits per heavy atom. The fourth-order valence-corrected chi connectivity index (χ4v) is 3.97. The lowest BCUT2D eigenvalue weighted by molar-refractivity contribution is 0.00706. The van der Waals surface area contributed by atoms with Gasteiger partial charge in [-0.05, 0) is 18.2 Å². The second-order valence-corrected chi connectivity index (χ2v) is 7.99. The van der Waals surface area contributed by atoms with Crippen LogP contribution in [0.15, 0.2) is 31.4 Å². The minimum atomic E-state index is -0.839. The standard InChI is InChI=1S/C19H15Cl2F2N3O5.C2H4.C2H2/c20-7-1-10(22)8(11(23)2-7)4-30-18-9(21)3-12-17(25-18)26-19(24-12)31-14-6-29-15-13(27)5-28-16(14)15;2*1-2/h1-3,13-16,27H,4-6H2,(H,24,25,26);1-2H2;1-2H/t13-,14-,15?,16?;;/m1../s1. The number of aliphatic hydroxyl groups is 1. The van der Waals surface area contributed by atoms with E-state index in [9.17, 15) is 13.9 Å². The summed E-state index contributed by atoms with van der Waals surface area (Å²) in [5, 5.41) is 9.87. The van der Waals surface area contributed by atoms with Crippen LogP contribution in [0.2, 0.25) is 10.0 Å². The summed E-state index contributed by atoms with van der Waals surface area (Å²) in [6.07, 6.45) is 6.02. The van der Waals surface area contributed by atoms with E-state index in [0.717, 1.165) is 12.1 Å². The molecule has 8 nitrogen and oxygen atoms in total. The van der Waals surface area contributed by atoms with E-state index in [2.05, 4.69) is 41.0 Å². The lowest BCUT2D eigenvalue weighted by atomic mass is 10.1. The van der Waals surface area contributed by atoms with Crippen molar-refractivity contribution in [1.82, 2.24) is 15.0 Å². The van der Waals surface area contributed by atoms with E-state index in [1.807, 2.05) is 0 Å². The summed E-state index contributed by atoms with van der Waals surface area (Å²) in [5.74, 6) is -1.73. The third-order valence-corrected chi connectivity index (χ3v) is 5.57. The first kappa shape index (κ1) is 26.7. The second kappa shape index (κ2) is 11.7. The molecule has 2 aromatic heterocycles. The highest BCUT2D eigenvalue weighted by Crippen LogP contribution is 2.31. The zero-order valence-electron chi connectivity index (χ0n) is 18.2. The van der Waals surface area contributed by atoms with E-state index in [4.69, 9.17) is 42.1 Å². The number of imidazole rings is 1. The van der Waals surface area contributed by atoms with Gasteiger partial charge in [0.05, 0.1) is 24.3 Å². The molecule has 186 valence electrons. The molecule has 3 aromatic rings. The van der Waals surface area contributed by atoms with Crippen LogP contribution in [0.3, 0.4) is 0 Å². The Hall–Kier alpha value is -2.94. The SMILES string of the molecule is C#C.C=C.O[C@@H]1COC2C1OC[C@H]2Oc1nc2nc(OCc3c(F)cc(Cl)cc3F)c(Cl)cc2[nH]1. The van der Waals surface area contributed by atoms with Crippen molar-refractivity contribution < 1.29 is 32.8 Å². The molecular weight excluding hydrogens is 507 g/mol. The average Bonchev–Trinajstić information content (AvgIpc) is 3.52. The summed E-state index contributed by atoms with van der Waals surface area (Å²) in [5.41, 5.74) is 0.399. The minimum absolute atomic E-state index is 0.0486. The van der Waals surface area contributed by atoms with E-state index >= 15 is 0 Å². The van der Waals surface area contributed by atoms with Crippen molar-refractivity contribution in [3.05, 3.63) is 58.6 Å². The topological polar surface area (TPSA) is 98.7 Å². The first-order valence-corrected chi connectivity index (χ1v) is 10.9. The summed E-state index contributed by atoms with van der Waals surface area (Å²) < 4.78 is 50.2. The third kappa shape index (κ3) is 5.66. The number of benzene rings is 1. The molecule has 1 aromatic carbocycles. The fraction of sp³-hybridized carbons (Fsp3) is 0.304. The number of nitrogens with zero attached hydrogens (tertiary/aromatic N) is 2. The Morgan fingerprint density at radius 1 is 1.09 bits per heavy atom. The lowest BCUT2D eigenvalue weighted by Crippen LogP contribution is -2.34. The van der Waals surface area contributed by atoms with Gasteiger partial charge in [0.1, 0.15) is 41.6 Å². The first-order chi connectivity index (χ1) is 16.9. The van der Waals surface area contributed by atoms with E-state index in [1.165, 1.54) is 6.07 Å². The molecule has 0 amide bonds. The maximum absolute atomic E-state index is 14.0. The van der Waals surface area contributed by atoms with Gasteiger partial charge in [-0.15, -0.1) is 26.0 Å². The zero-order valence-corrected chi connectivity index (χ0v) is 19.7. The molecule has 0 saturated carbocycles. The molecule has 0 aliphatic carbocycles. The average molecular weight is 528 g/mol. The highest BCUT2D eigenvalue weighted by atomic mass is 35.5. The number of terminal acetylenes is 1. The van der Waals surface area contributed by atoms with Gasteiger partial charge in [-0.25, -0.2) is 8.78 Å². The van der Waals surface area contributed by atoms with E-state index in [1.54, 1.807) is 0 Å². The number of hydrogen-bond donors (Lipinski definition) is 2. The molecule has 2 aliphatic heterocycles. The van der Waals surface area contributed by atoms with E-state index in [0.29, 0.717) is 5.52 Å². The van der Waals surface area contributed by atoms with Crippen LogP contribution in [-0.2, 0) is 16.1 Å². The molecule has 2 aliphatic rings. The number of aromatic nitrogens is 3. The molecule has 2 unspecified atom stereocenters. The maximum Gasteiger partial charge on any atom is 0.296 e. The van der Waals surface area contributed by atoms with Crippen LogP contribution < -0.4 is 9.47 Å². The quantitative estimate of drug-likeness (QED) is 0.381. The molecule has 12 heteroatoms.